The summed E-state index contributed by atoms with van der Waals surface area (Å²) in [6.07, 6.45) is 2.94. The molecule has 1 aromatic rings. The minimum absolute atomic E-state index is 0.263. The first-order chi connectivity index (χ1) is 7.75. The zero-order valence-corrected chi connectivity index (χ0v) is 9.33. The first-order valence-corrected chi connectivity index (χ1v) is 5.79. The van der Waals surface area contributed by atoms with Gasteiger partial charge >= 0.3 is 5.97 Å². The SMILES string of the molecule is O=C(O)CCCc1ccc2c(c1)CCNC2. The molecule has 0 bridgehead atoms. The average molecular weight is 219 g/mol. The fourth-order valence-electron chi connectivity index (χ4n) is 2.13. The number of fused-ring (bicyclic) bond motifs is 1. The van der Waals surface area contributed by atoms with Crippen LogP contribution in [0.2, 0.25) is 0 Å². The molecule has 0 atom stereocenters. The summed E-state index contributed by atoms with van der Waals surface area (Å²) in [6, 6.07) is 6.52. The van der Waals surface area contributed by atoms with Crippen molar-refractivity contribution in [3.63, 3.8) is 0 Å². The number of carboxylic acids is 1. The molecule has 16 heavy (non-hydrogen) atoms. The molecule has 0 aliphatic carbocycles. The lowest BCUT2D eigenvalue weighted by Crippen LogP contribution is -2.23. The molecule has 2 rings (SSSR count). The van der Waals surface area contributed by atoms with Gasteiger partial charge < -0.3 is 10.4 Å². The number of hydrogen-bond acceptors (Lipinski definition) is 2. The Balaban J connectivity index is 1.97. The van der Waals surface area contributed by atoms with Crippen molar-refractivity contribution in [2.75, 3.05) is 6.54 Å². The molecule has 1 aliphatic heterocycles. The average Bonchev–Trinajstić information content (AvgIpc) is 2.28. The Hall–Kier alpha value is -1.35. The highest BCUT2D eigenvalue weighted by Crippen LogP contribution is 2.17. The maximum atomic E-state index is 10.4. The van der Waals surface area contributed by atoms with Crippen molar-refractivity contribution in [3.05, 3.63) is 34.9 Å². The van der Waals surface area contributed by atoms with Gasteiger partial charge in [0.25, 0.3) is 0 Å². The van der Waals surface area contributed by atoms with Crippen LogP contribution in [0.3, 0.4) is 0 Å². The molecule has 0 aromatic heterocycles. The lowest BCUT2D eigenvalue weighted by molar-refractivity contribution is -0.137. The summed E-state index contributed by atoms with van der Waals surface area (Å²) < 4.78 is 0. The first-order valence-electron chi connectivity index (χ1n) is 5.79. The summed E-state index contributed by atoms with van der Waals surface area (Å²) in [4.78, 5) is 10.4. The van der Waals surface area contributed by atoms with Gasteiger partial charge in [0.15, 0.2) is 0 Å². The Morgan fingerprint density at radius 1 is 1.38 bits per heavy atom. The third kappa shape index (κ3) is 2.83. The second-order valence-electron chi connectivity index (χ2n) is 4.28. The van der Waals surface area contributed by atoms with E-state index in [0.29, 0.717) is 0 Å². The number of carbonyl (C=O) groups is 1. The normalized spacial score (nSPS) is 14.5. The van der Waals surface area contributed by atoms with Gasteiger partial charge in [-0.25, -0.2) is 0 Å². The highest BCUT2D eigenvalue weighted by molar-refractivity contribution is 5.66. The fourth-order valence-corrected chi connectivity index (χ4v) is 2.13. The number of aryl methyl sites for hydroxylation is 1. The second-order valence-corrected chi connectivity index (χ2v) is 4.28. The summed E-state index contributed by atoms with van der Waals surface area (Å²) >= 11 is 0. The zero-order chi connectivity index (χ0) is 11.4. The van der Waals surface area contributed by atoms with E-state index in [2.05, 4.69) is 23.5 Å². The van der Waals surface area contributed by atoms with Crippen molar-refractivity contribution in [1.29, 1.82) is 0 Å². The van der Waals surface area contributed by atoms with Crippen LogP contribution in [0.1, 0.15) is 29.5 Å². The van der Waals surface area contributed by atoms with Crippen LogP contribution in [0.4, 0.5) is 0 Å². The molecule has 2 N–H and O–H groups in total. The highest BCUT2D eigenvalue weighted by Gasteiger charge is 2.08. The lowest BCUT2D eigenvalue weighted by Gasteiger charge is -2.17. The van der Waals surface area contributed by atoms with Gasteiger partial charge in [0.2, 0.25) is 0 Å². The van der Waals surface area contributed by atoms with Gasteiger partial charge in [-0.2, -0.15) is 0 Å². The van der Waals surface area contributed by atoms with Crippen molar-refractivity contribution in [2.24, 2.45) is 0 Å². The van der Waals surface area contributed by atoms with Gasteiger partial charge in [0, 0.05) is 13.0 Å². The van der Waals surface area contributed by atoms with Crippen molar-refractivity contribution < 1.29 is 9.90 Å². The van der Waals surface area contributed by atoms with Gasteiger partial charge in [-0.1, -0.05) is 18.2 Å². The largest absolute Gasteiger partial charge is 0.481 e. The number of hydrogen-bond donors (Lipinski definition) is 2. The number of carboxylic acid groups (broad SMARTS) is 1. The van der Waals surface area contributed by atoms with Crippen LogP contribution in [-0.4, -0.2) is 17.6 Å². The molecular weight excluding hydrogens is 202 g/mol. The third-order valence-corrected chi connectivity index (χ3v) is 3.01. The molecule has 0 radical (unpaired) electrons. The molecular formula is C13H17NO2. The Kier molecular flexibility index (Phi) is 3.57. The summed E-state index contributed by atoms with van der Waals surface area (Å²) in [5.41, 5.74) is 4.07. The minimum Gasteiger partial charge on any atom is -0.481 e. The van der Waals surface area contributed by atoms with Crippen molar-refractivity contribution >= 4 is 5.97 Å². The second kappa shape index (κ2) is 5.12. The van der Waals surface area contributed by atoms with Crippen LogP contribution in [0, 0.1) is 0 Å². The number of nitrogens with one attached hydrogen (secondary N) is 1. The van der Waals surface area contributed by atoms with E-state index in [1.165, 1.54) is 16.7 Å². The molecule has 1 aromatic carbocycles. The van der Waals surface area contributed by atoms with Crippen LogP contribution in [0.25, 0.3) is 0 Å². The predicted octanol–water partition coefficient (Wildman–Crippen LogP) is 1.74. The Labute approximate surface area is 95.5 Å². The standard InChI is InChI=1S/C13H17NO2/c15-13(16)3-1-2-10-4-5-12-9-14-7-6-11(12)8-10/h4-5,8,14H,1-3,6-7,9H2,(H,15,16). The van der Waals surface area contributed by atoms with Crippen LogP contribution >= 0.6 is 0 Å². The zero-order valence-electron chi connectivity index (χ0n) is 9.33. The van der Waals surface area contributed by atoms with Crippen molar-refractivity contribution in [3.8, 4) is 0 Å². The third-order valence-electron chi connectivity index (χ3n) is 3.01. The van der Waals surface area contributed by atoms with E-state index < -0.39 is 5.97 Å². The molecule has 3 heteroatoms. The number of rotatable bonds is 4. The van der Waals surface area contributed by atoms with Gasteiger partial charge in [-0.05, 0) is 42.5 Å². The van der Waals surface area contributed by atoms with Crippen LogP contribution in [0.15, 0.2) is 18.2 Å². The maximum Gasteiger partial charge on any atom is 0.303 e. The summed E-state index contributed by atoms with van der Waals surface area (Å²) in [6.45, 7) is 2.01. The lowest BCUT2D eigenvalue weighted by atomic mass is 9.96. The van der Waals surface area contributed by atoms with Gasteiger partial charge in [-0.3, -0.25) is 4.79 Å². The summed E-state index contributed by atoms with van der Waals surface area (Å²) in [5.74, 6) is -0.706. The van der Waals surface area contributed by atoms with Crippen LogP contribution in [-0.2, 0) is 24.2 Å². The number of benzene rings is 1. The quantitative estimate of drug-likeness (QED) is 0.811. The molecule has 1 heterocycles. The Bertz CT molecular complexity index is 388. The maximum absolute atomic E-state index is 10.4. The van der Waals surface area contributed by atoms with E-state index in [-0.39, 0.29) is 6.42 Å². The fraction of sp³-hybridized carbons (Fsp3) is 0.462. The highest BCUT2D eigenvalue weighted by atomic mass is 16.4. The Morgan fingerprint density at radius 2 is 2.25 bits per heavy atom. The van der Waals surface area contributed by atoms with E-state index in [1.54, 1.807) is 0 Å². The van der Waals surface area contributed by atoms with E-state index in [9.17, 15) is 4.79 Å². The smallest absolute Gasteiger partial charge is 0.303 e. The van der Waals surface area contributed by atoms with Crippen molar-refractivity contribution in [1.82, 2.24) is 5.32 Å². The monoisotopic (exact) mass is 219 g/mol. The van der Waals surface area contributed by atoms with Crippen LogP contribution < -0.4 is 5.32 Å². The van der Waals surface area contributed by atoms with E-state index >= 15 is 0 Å². The molecule has 86 valence electrons. The predicted molar refractivity (Wildman–Crippen MR) is 62.4 cm³/mol. The summed E-state index contributed by atoms with van der Waals surface area (Å²) in [5, 5.41) is 11.9. The number of aliphatic carboxylic acids is 1. The molecule has 0 spiro atoms. The molecule has 1 aliphatic rings. The topological polar surface area (TPSA) is 49.3 Å². The molecule has 0 unspecified atom stereocenters. The van der Waals surface area contributed by atoms with Crippen molar-refractivity contribution in [2.45, 2.75) is 32.2 Å². The van der Waals surface area contributed by atoms with Gasteiger partial charge in [0.05, 0.1) is 0 Å². The summed E-state index contributed by atoms with van der Waals surface area (Å²) in [7, 11) is 0. The van der Waals surface area contributed by atoms with Gasteiger partial charge in [-0.15, -0.1) is 0 Å². The molecule has 3 nitrogen and oxygen atoms in total. The van der Waals surface area contributed by atoms with E-state index in [4.69, 9.17) is 5.11 Å². The van der Waals surface area contributed by atoms with E-state index in [1.807, 2.05) is 0 Å². The molecule has 0 saturated carbocycles. The van der Waals surface area contributed by atoms with Crippen LogP contribution in [0.5, 0.6) is 0 Å². The molecule has 0 saturated heterocycles. The Morgan fingerprint density at radius 3 is 3.06 bits per heavy atom. The first kappa shape index (κ1) is 11.1. The minimum atomic E-state index is -0.706. The molecule has 0 amide bonds. The van der Waals surface area contributed by atoms with Gasteiger partial charge in [0.1, 0.15) is 0 Å². The molecule has 0 fully saturated rings. The van der Waals surface area contributed by atoms with E-state index in [0.717, 1.165) is 32.4 Å².